The molecule has 0 saturated heterocycles. The second-order valence-electron chi connectivity index (χ2n) is 5.31. The van der Waals surface area contributed by atoms with Gasteiger partial charge in [-0.2, -0.15) is 0 Å². The van der Waals surface area contributed by atoms with Crippen LogP contribution in [0.4, 0.5) is 0 Å². The van der Waals surface area contributed by atoms with Crippen LogP contribution in [-0.4, -0.2) is 17.0 Å². The molecule has 1 aromatic carbocycles. The number of benzene rings is 1. The third-order valence-electron chi connectivity index (χ3n) is 3.50. The smallest absolute Gasteiger partial charge is 0.0999 e. The first-order chi connectivity index (χ1) is 8.58. The molecule has 1 aliphatic heterocycles. The van der Waals surface area contributed by atoms with Crippen LogP contribution < -0.4 is 0 Å². The van der Waals surface area contributed by atoms with Crippen molar-refractivity contribution >= 4 is 11.4 Å². The van der Waals surface area contributed by atoms with Crippen molar-refractivity contribution in [1.29, 1.82) is 0 Å². The van der Waals surface area contributed by atoms with E-state index >= 15 is 0 Å². The van der Waals surface area contributed by atoms with E-state index in [0.29, 0.717) is 0 Å². The van der Waals surface area contributed by atoms with Gasteiger partial charge in [0, 0.05) is 0 Å². The highest BCUT2D eigenvalue weighted by atomic mass is 15.0. The molecule has 1 atom stereocenters. The maximum atomic E-state index is 4.96. The van der Waals surface area contributed by atoms with Crippen molar-refractivity contribution < 1.29 is 0 Å². The summed E-state index contributed by atoms with van der Waals surface area (Å²) in [6, 6.07) is 10.6. The predicted octanol–water partition coefficient (Wildman–Crippen LogP) is 4.22. The summed E-state index contributed by atoms with van der Waals surface area (Å²) >= 11 is 0. The van der Waals surface area contributed by atoms with Gasteiger partial charge in [-0.15, -0.1) is 0 Å². The normalized spacial score (nSPS) is 22.3. The summed E-state index contributed by atoms with van der Waals surface area (Å²) in [4.78, 5) is 9.89. The monoisotopic (exact) mass is 242 g/mol. The standard InChI is InChI=1S/C16H22N2/c1-5-13-14(6-2)18-16(3,4)15(17-13)12-10-8-7-9-11-12/h7-11,15H,5-6H2,1-4H3. The summed E-state index contributed by atoms with van der Waals surface area (Å²) in [6.45, 7) is 8.67. The lowest BCUT2D eigenvalue weighted by molar-refractivity contribution is 0.420. The molecule has 1 heterocycles. The minimum Gasteiger partial charge on any atom is -0.279 e. The van der Waals surface area contributed by atoms with Gasteiger partial charge in [-0.25, -0.2) is 0 Å². The molecule has 0 spiro atoms. The lowest BCUT2D eigenvalue weighted by Crippen LogP contribution is -2.34. The van der Waals surface area contributed by atoms with Crippen LogP contribution in [0.25, 0.3) is 0 Å². The highest BCUT2D eigenvalue weighted by Gasteiger charge is 2.34. The summed E-state index contributed by atoms with van der Waals surface area (Å²) in [5, 5.41) is 0. The SMILES string of the molecule is CCC1=NC(c2ccccc2)C(C)(C)N=C1CC. The van der Waals surface area contributed by atoms with E-state index in [2.05, 4.69) is 52.0 Å². The average Bonchev–Trinajstić information content (AvgIpc) is 2.38. The minimum atomic E-state index is -0.147. The fourth-order valence-electron chi connectivity index (χ4n) is 2.56. The molecule has 0 fully saturated rings. The van der Waals surface area contributed by atoms with Crippen LogP contribution >= 0.6 is 0 Å². The molecule has 0 saturated carbocycles. The Kier molecular flexibility index (Phi) is 3.65. The summed E-state index contributed by atoms with van der Waals surface area (Å²) in [7, 11) is 0. The van der Waals surface area contributed by atoms with E-state index < -0.39 is 0 Å². The maximum absolute atomic E-state index is 4.96. The van der Waals surface area contributed by atoms with E-state index in [1.165, 1.54) is 17.0 Å². The molecular formula is C16H22N2. The number of hydrogen-bond acceptors (Lipinski definition) is 2. The minimum absolute atomic E-state index is 0.143. The largest absolute Gasteiger partial charge is 0.279 e. The molecule has 1 aromatic rings. The first-order valence-corrected chi connectivity index (χ1v) is 6.79. The van der Waals surface area contributed by atoms with Crippen LogP contribution in [-0.2, 0) is 0 Å². The van der Waals surface area contributed by atoms with Crippen LogP contribution in [0, 0.1) is 0 Å². The molecule has 0 aromatic heterocycles. The molecule has 1 unspecified atom stereocenters. The molecule has 1 aliphatic rings. The van der Waals surface area contributed by atoms with Gasteiger partial charge in [0.1, 0.15) is 0 Å². The predicted molar refractivity (Wildman–Crippen MR) is 78.7 cm³/mol. The van der Waals surface area contributed by atoms with Crippen LogP contribution in [0.1, 0.15) is 52.1 Å². The molecule has 0 aliphatic carbocycles. The number of hydrogen-bond donors (Lipinski definition) is 0. The van der Waals surface area contributed by atoms with Crippen LogP contribution in [0.5, 0.6) is 0 Å². The van der Waals surface area contributed by atoms with E-state index in [-0.39, 0.29) is 11.6 Å². The summed E-state index contributed by atoms with van der Waals surface area (Å²) < 4.78 is 0. The molecule has 2 nitrogen and oxygen atoms in total. The van der Waals surface area contributed by atoms with Crippen molar-refractivity contribution in [3.8, 4) is 0 Å². The zero-order chi connectivity index (χ0) is 13.2. The van der Waals surface area contributed by atoms with Gasteiger partial charge in [-0.1, -0.05) is 44.2 Å². The lowest BCUT2D eigenvalue weighted by Gasteiger charge is -2.34. The Labute approximate surface area is 110 Å². The zero-order valence-corrected chi connectivity index (χ0v) is 11.8. The molecule has 2 rings (SSSR count). The Morgan fingerprint density at radius 2 is 1.61 bits per heavy atom. The molecule has 0 radical (unpaired) electrons. The molecular weight excluding hydrogens is 220 g/mol. The number of rotatable bonds is 3. The van der Waals surface area contributed by atoms with Crippen LogP contribution in [0.3, 0.4) is 0 Å². The van der Waals surface area contributed by atoms with Gasteiger partial charge in [-0.3, -0.25) is 9.98 Å². The van der Waals surface area contributed by atoms with E-state index in [1.807, 2.05) is 6.07 Å². The third-order valence-corrected chi connectivity index (χ3v) is 3.50. The van der Waals surface area contributed by atoms with Crippen LogP contribution in [0.2, 0.25) is 0 Å². The highest BCUT2D eigenvalue weighted by Crippen LogP contribution is 2.36. The van der Waals surface area contributed by atoms with Crippen LogP contribution in [0.15, 0.2) is 40.3 Å². The van der Waals surface area contributed by atoms with E-state index in [1.54, 1.807) is 0 Å². The Balaban J connectivity index is 2.43. The molecule has 0 N–H and O–H groups in total. The average molecular weight is 242 g/mol. The molecule has 18 heavy (non-hydrogen) atoms. The number of aliphatic imine (C=N–C) groups is 2. The van der Waals surface area contributed by atoms with E-state index in [9.17, 15) is 0 Å². The Morgan fingerprint density at radius 3 is 2.17 bits per heavy atom. The van der Waals surface area contributed by atoms with E-state index in [0.717, 1.165) is 12.8 Å². The third kappa shape index (κ3) is 2.38. The van der Waals surface area contributed by atoms with Gasteiger partial charge in [0.05, 0.1) is 23.0 Å². The van der Waals surface area contributed by atoms with Crippen molar-refractivity contribution in [3.63, 3.8) is 0 Å². The summed E-state index contributed by atoms with van der Waals surface area (Å²) in [5.74, 6) is 0. The molecule has 0 amide bonds. The second kappa shape index (κ2) is 5.05. The maximum Gasteiger partial charge on any atom is 0.0999 e. The van der Waals surface area contributed by atoms with Gasteiger partial charge < -0.3 is 0 Å². The quantitative estimate of drug-likeness (QED) is 0.758. The van der Waals surface area contributed by atoms with Crippen molar-refractivity contribution in [2.24, 2.45) is 9.98 Å². The van der Waals surface area contributed by atoms with E-state index in [4.69, 9.17) is 9.98 Å². The van der Waals surface area contributed by atoms with Gasteiger partial charge >= 0.3 is 0 Å². The zero-order valence-electron chi connectivity index (χ0n) is 11.8. The van der Waals surface area contributed by atoms with Crippen molar-refractivity contribution in [2.75, 3.05) is 0 Å². The van der Waals surface area contributed by atoms with Gasteiger partial charge in [0.25, 0.3) is 0 Å². The fourth-order valence-corrected chi connectivity index (χ4v) is 2.56. The topological polar surface area (TPSA) is 24.7 Å². The van der Waals surface area contributed by atoms with Crippen molar-refractivity contribution in [3.05, 3.63) is 35.9 Å². The Hall–Kier alpha value is -1.44. The number of nitrogens with zero attached hydrogens (tertiary/aromatic N) is 2. The Bertz CT molecular complexity index is 469. The first kappa shape index (κ1) is 13.0. The molecule has 2 heteroatoms. The van der Waals surface area contributed by atoms with Gasteiger partial charge in [0.2, 0.25) is 0 Å². The van der Waals surface area contributed by atoms with Gasteiger partial charge in [0.15, 0.2) is 0 Å². The highest BCUT2D eigenvalue weighted by molar-refractivity contribution is 6.42. The summed E-state index contributed by atoms with van der Waals surface area (Å²) in [5.41, 5.74) is 3.46. The lowest BCUT2D eigenvalue weighted by atomic mass is 9.87. The van der Waals surface area contributed by atoms with Crippen molar-refractivity contribution in [1.82, 2.24) is 0 Å². The second-order valence-corrected chi connectivity index (χ2v) is 5.31. The summed E-state index contributed by atoms with van der Waals surface area (Å²) in [6.07, 6.45) is 1.93. The Morgan fingerprint density at radius 1 is 1.00 bits per heavy atom. The first-order valence-electron chi connectivity index (χ1n) is 6.79. The van der Waals surface area contributed by atoms with Gasteiger partial charge in [-0.05, 0) is 32.3 Å². The van der Waals surface area contributed by atoms with Crippen molar-refractivity contribution in [2.45, 2.75) is 52.1 Å². The fraction of sp³-hybridized carbons (Fsp3) is 0.500. The molecule has 0 bridgehead atoms. The molecule has 96 valence electrons.